The molecule has 142 valence electrons. The highest BCUT2D eigenvalue weighted by molar-refractivity contribution is 6.31. The topological polar surface area (TPSA) is 0 Å². The standard InChI is InChI=1S/C23H15ClF4/c1-2-3-12-4-6-16-15-7-5-13(14-9-20(26)22(24)21(27)10-14)8-17(15)19(25)11-18(16)23(12)28/h4-11H,2-3H2,1H3. The largest absolute Gasteiger partial charge is 0.206 e. The molecule has 0 saturated carbocycles. The lowest BCUT2D eigenvalue weighted by Gasteiger charge is -2.11. The zero-order valence-electron chi connectivity index (χ0n) is 14.9. The Morgan fingerprint density at radius 1 is 0.679 bits per heavy atom. The second-order valence-corrected chi connectivity index (χ2v) is 7.13. The van der Waals surface area contributed by atoms with Gasteiger partial charge in [0.25, 0.3) is 0 Å². The molecule has 5 heteroatoms. The number of rotatable bonds is 3. The first-order valence-electron chi connectivity index (χ1n) is 8.89. The average molecular weight is 403 g/mol. The molecule has 0 fully saturated rings. The van der Waals surface area contributed by atoms with Crippen LogP contribution in [0.2, 0.25) is 5.02 Å². The van der Waals surface area contributed by atoms with Gasteiger partial charge in [0.15, 0.2) is 0 Å². The van der Waals surface area contributed by atoms with E-state index in [1.165, 1.54) is 12.1 Å². The van der Waals surface area contributed by atoms with E-state index in [2.05, 4.69) is 0 Å². The van der Waals surface area contributed by atoms with Gasteiger partial charge in [0.2, 0.25) is 0 Å². The zero-order chi connectivity index (χ0) is 20.0. The summed E-state index contributed by atoms with van der Waals surface area (Å²) in [5.74, 6) is -2.78. The van der Waals surface area contributed by atoms with Gasteiger partial charge in [-0.3, -0.25) is 0 Å². The molecule has 0 radical (unpaired) electrons. The van der Waals surface area contributed by atoms with Gasteiger partial charge in [-0.1, -0.05) is 49.2 Å². The van der Waals surface area contributed by atoms with Crippen LogP contribution in [0, 0.1) is 23.3 Å². The third-order valence-electron chi connectivity index (χ3n) is 4.93. The fourth-order valence-electron chi connectivity index (χ4n) is 3.56. The van der Waals surface area contributed by atoms with Gasteiger partial charge < -0.3 is 0 Å². The van der Waals surface area contributed by atoms with Crippen molar-refractivity contribution in [2.75, 3.05) is 0 Å². The predicted octanol–water partition coefficient (Wildman–Crippen LogP) is 7.82. The van der Waals surface area contributed by atoms with Gasteiger partial charge in [-0.15, -0.1) is 0 Å². The van der Waals surface area contributed by atoms with Crippen LogP contribution in [0.5, 0.6) is 0 Å². The summed E-state index contributed by atoms with van der Waals surface area (Å²) in [4.78, 5) is 0. The molecule has 28 heavy (non-hydrogen) atoms. The fraction of sp³-hybridized carbons (Fsp3) is 0.130. The normalized spacial score (nSPS) is 11.5. The number of benzene rings is 4. The highest BCUT2D eigenvalue weighted by Gasteiger charge is 2.15. The van der Waals surface area contributed by atoms with Crippen molar-refractivity contribution in [1.82, 2.24) is 0 Å². The molecule has 0 spiro atoms. The molecule has 0 amide bonds. The van der Waals surface area contributed by atoms with Gasteiger partial charge in [-0.25, -0.2) is 17.6 Å². The van der Waals surface area contributed by atoms with Crippen LogP contribution in [-0.2, 0) is 6.42 Å². The van der Waals surface area contributed by atoms with Crippen LogP contribution in [-0.4, -0.2) is 0 Å². The van der Waals surface area contributed by atoms with Crippen molar-refractivity contribution < 1.29 is 17.6 Å². The summed E-state index contributed by atoms with van der Waals surface area (Å²) in [6.45, 7) is 1.95. The number of halogens is 5. The van der Waals surface area contributed by atoms with Crippen molar-refractivity contribution in [2.45, 2.75) is 19.8 Å². The molecule has 0 aliphatic carbocycles. The summed E-state index contributed by atoms with van der Waals surface area (Å²) in [6.07, 6.45) is 1.37. The smallest absolute Gasteiger partial charge is 0.145 e. The quantitative estimate of drug-likeness (QED) is 0.186. The number of fused-ring (bicyclic) bond motifs is 3. The molecule has 0 aliphatic heterocycles. The fourth-order valence-corrected chi connectivity index (χ4v) is 3.67. The molecule has 0 nitrogen and oxygen atoms in total. The minimum Gasteiger partial charge on any atom is -0.206 e. The maximum atomic E-state index is 14.8. The van der Waals surface area contributed by atoms with Crippen molar-refractivity contribution in [3.8, 4) is 11.1 Å². The molecule has 0 heterocycles. The van der Waals surface area contributed by atoms with Gasteiger partial charge in [0.05, 0.1) is 0 Å². The Kier molecular flexibility index (Phi) is 4.76. The Morgan fingerprint density at radius 2 is 1.32 bits per heavy atom. The predicted molar refractivity (Wildman–Crippen MR) is 106 cm³/mol. The first-order chi connectivity index (χ1) is 13.4. The highest BCUT2D eigenvalue weighted by Crippen LogP contribution is 2.35. The Labute approximate surface area is 164 Å². The molecular formula is C23H15ClF4. The summed E-state index contributed by atoms with van der Waals surface area (Å²) in [5, 5.41) is 1.03. The van der Waals surface area contributed by atoms with Crippen LogP contribution in [0.1, 0.15) is 18.9 Å². The number of aryl methyl sites for hydroxylation is 1. The van der Waals surface area contributed by atoms with E-state index in [4.69, 9.17) is 11.6 Å². The summed E-state index contributed by atoms with van der Waals surface area (Å²) in [6, 6.07) is 11.6. The van der Waals surface area contributed by atoms with E-state index in [0.717, 1.165) is 18.6 Å². The van der Waals surface area contributed by atoms with E-state index in [9.17, 15) is 17.6 Å². The van der Waals surface area contributed by atoms with Crippen LogP contribution in [0.25, 0.3) is 32.7 Å². The third kappa shape index (κ3) is 3.02. The minimum atomic E-state index is -0.888. The highest BCUT2D eigenvalue weighted by atomic mass is 35.5. The Hall–Kier alpha value is -2.59. The maximum absolute atomic E-state index is 14.8. The molecule has 4 aromatic rings. The van der Waals surface area contributed by atoms with E-state index in [1.54, 1.807) is 24.3 Å². The molecule has 4 aromatic carbocycles. The molecule has 0 saturated heterocycles. The number of hydrogen-bond acceptors (Lipinski definition) is 0. The van der Waals surface area contributed by atoms with E-state index in [-0.39, 0.29) is 16.3 Å². The minimum absolute atomic E-state index is 0.229. The van der Waals surface area contributed by atoms with Crippen molar-refractivity contribution in [1.29, 1.82) is 0 Å². The molecule has 4 rings (SSSR count). The lowest BCUT2D eigenvalue weighted by Crippen LogP contribution is -1.94. The molecular weight excluding hydrogens is 388 g/mol. The SMILES string of the molecule is CCCc1ccc2c(cc(F)c3cc(-c4cc(F)c(Cl)c(F)c4)ccc32)c1F. The van der Waals surface area contributed by atoms with Crippen LogP contribution in [0.3, 0.4) is 0 Å². The molecule has 0 aromatic heterocycles. The molecule has 0 aliphatic rings. The molecule has 0 N–H and O–H groups in total. The summed E-state index contributed by atoms with van der Waals surface area (Å²) >= 11 is 5.53. The molecule has 0 atom stereocenters. The van der Waals surface area contributed by atoms with Gasteiger partial charge >= 0.3 is 0 Å². The average Bonchev–Trinajstić information content (AvgIpc) is 2.68. The third-order valence-corrected chi connectivity index (χ3v) is 5.30. The monoisotopic (exact) mass is 402 g/mol. The van der Waals surface area contributed by atoms with Crippen LogP contribution in [0.15, 0.2) is 48.5 Å². The van der Waals surface area contributed by atoms with Crippen molar-refractivity contribution in [3.05, 3.63) is 82.4 Å². The summed E-state index contributed by atoms with van der Waals surface area (Å²) < 4.78 is 57.1. The van der Waals surface area contributed by atoms with Crippen molar-refractivity contribution >= 4 is 33.1 Å². The Morgan fingerprint density at radius 3 is 2.00 bits per heavy atom. The van der Waals surface area contributed by atoms with E-state index in [1.807, 2.05) is 6.92 Å². The summed E-state index contributed by atoms with van der Waals surface area (Å²) in [5.41, 5.74) is 1.23. The van der Waals surface area contributed by atoms with Crippen LogP contribution >= 0.6 is 11.6 Å². The Bertz CT molecular complexity index is 1210. The summed E-state index contributed by atoms with van der Waals surface area (Å²) in [7, 11) is 0. The zero-order valence-corrected chi connectivity index (χ0v) is 15.7. The van der Waals surface area contributed by atoms with Gasteiger partial charge in [0.1, 0.15) is 28.3 Å². The lowest BCUT2D eigenvalue weighted by molar-refractivity contribution is 0.585. The van der Waals surface area contributed by atoms with E-state index >= 15 is 0 Å². The van der Waals surface area contributed by atoms with Gasteiger partial charge in [0, 0.05) is 10.8 Å². The Balaban J connectivity index is 1.95. The lowest BCUT2D eigenvalue weighted by atomic mass is 9.95. The second kappa shape index (κ2) is 7.10. The van der Waals surface area contributed by atoms with Crippen LogP contribution < -0.4 is 0 Å². The van der Waals surface area contributed by atoms with Crippen molar-refractivity contribution in [2.24, 2.45) is 0 Å². The maximum Gasteiger partial charge on any atom is 0.145 e. The molecule has 0 unspecified atom stereocenters. The van der Waals surface area contributed by atoms with E-state index in [0.29, 0.717) is 28.3 Å². The first kappa shape index (κ1) is 18.8. The van der Waals surface area contributed by atoms with E-state index < -0.39 is 28.3 Å². The first-order valence-corrected chi connectivity index (χ1v) is 9.26. The van der Waals surface area contributed by atoms with Gasteiger partial charge in [-0.2, -0.15) is 0 Å². The van der Waals surface area contributed by atoms with Gasteiger partial charge in [-0.05, 0) is 58.1 Å². The van der Waals surface area contributed by atoms with Crippen LogP contribution in [0.4, 0.5) is 17.6 Å². The van der Waals surface area contributed by atoms with Crippen molar-refractivity contribution in [3.63, 3.8) is 0 Å². The number of hydrogen-bond donors (Lipinski definition) is 0. The molecule has 0 bridgehead atoms. The second-order valence-electron chi connectivity index (χ2n) is 6.76.